The van der Waals surface area contributed by atoms with Crippen LogP contribution in [-0.4, -0.2) is 50.5 Å². The van der Waals surface area contributed by atoms with E-state index in [0.29, 0.717) is 30.0 Å². The highest BCUT2D eigenvalue weighted by atomic mass is 35.5. The Morgan fingerprint density at radius 2 is 1.74 bits per heavy atom. The van der Waals surface area contributed by atoms with Crippen LogP contribution in [0.1, 0.15) is 32.3 Å². The fraction of sp³-hybridized carbons (Fsp3) is 0.391. The molecule has 0 bridgehead atoms. The summed E-state index contributed by atoms with van der Waals surface area (Å²) in [5, 5.41) is 3.15. The van der Waals surface area contributed by atoms with Crippen molar-refractivity contribution in [1.29, 1.82) is 0 Å². The van der Waals surface area contributed by atoms with Crippen LogP contribution in [0.4, 0.5) is 10.1 Å². The molecule has 0 fully saturated rings. The molecule has 1 N–H and O–H groups in total. The van der Waals surface area contributed by atoms with Gasteiger partial charge in [0.05, 0.1) is 17.0 Å². The number of benzene rings is 2. The Hall–Kier alpha value is -2.36. The van der Waals surface area contributed by atoms with Gasteiger partial charge in [0, 0.05) is 18.1 Å². The zero-order chi connectivity index (χ0) is 25.5. The predicted molar refractivity (Wildman–Crippen MR) is 133 cm³/mol. The Labute approximate surface area is 209 Å². The van der Waals surface area contributed by atoms with E-state index >= 15 is 0 Å². The molecular weight excluding hydrogens is 504 g/mol. The summed E-state index contributed by atoms with van der Waals surface area (Å²) in [5.41, 5.74) is 0.680. The highest BCUT2D eigenvalue weighted by molar-refractivity contribution is 7.92. The lowest BCUT2D eigenvalue weighted by Crippen LogP contribution is -2.52. The van der Waals surface area contributed by atoms with Crippen LogP contribution in [0, 0.1) is 5.82 Å². The second kappa shape index (κ2) is 12.4. The summed E-state index contributed by atoms with van der Waals surface area (Å²) in [6.07, 6.45) is 1.97. The van der Waals surface area contributed by atoms with E-state index < -0.39 is 34.3 Å². The molecule has 0 saturated heterocycles. The molecule has 34 heavy (non-hydrogen) atoms. The lowest BCUT2D eigenvalue weighted by atomic mass is 10.1. The van der Waals surface area contributed by atoms with E-state index in [-0.39, 0.29) is 23.2 Å². The molecule has 2 amide bonds. The molecule has 2 rings (SSSR count). The summed E-state index contributed by atoms with van der Waals surface area (Å²) in [5.74, 6) is -1.40. The van der Waals surface area contributed by atoms with Crippen LogP contribution in [0.2, 0.25) is 10.0 Å². The van der Waals surface area contributed by atoms with Gasteiger partial charge in [-0.25, -0.2) is 12.8 Å². The van der Waals surface area contributed by atoms with Gasteiger partial charge < -0.3 is 10.2 Å². The van der Waals surface area contributed by atoms with Gasteiger partial charge in [-0.15, -0.1) is 0 Å². The van der Waals surface area contributed by atoms with E-state index in [9.17, 15) is 22.4 Å². The number of rotatable bonds is 11. The van der Waals surface area contributed by atoms with Crippen molar-refractivity contribution in [3.05, 3.63) is 63.9 Å². The summed E-state index contributed by atoms with van der Waals surface area (Å²) >= 11 is 12.2. The third-order valence-electron chi connectivity index (χ3n) is 5.06. The number of sulfonamides is 1. The van der Waals surface area contributed by atoms with Gasteiger partial charge in [0.25, 0.3) is 0 Å². The molecule has 7 nitrogen and oxygen atoms in total. The maximum atomic E-state index is 13.5. The van der Waals surface area contributed by atoms with Gasteiger partial charge in [-0.05, 0) is 48.7 Å². The summed E-state index contributed by atoms with van der Waals surface area (Å²) < 4.78 is 39.4. The first kappa shape index (κ1) is 27.9. The van der Waals surface area contributed by atoms with Gasteiger partial charge in [-0.3, -0.25) is 13.9 Å². The number of carbonyl (C=O) groups excluding carboxylic acids is 2. The number of amides is 2. The van der Waals surface area contributed by atoms with Crippen molar-refractivity contribution in [3.63, 3.8) is 0 Å². The molecule has 0 unspecified atom stereocenters. The van der Waals surface area contributed by atoms with E-state index in [0.717, 1.165) is 10.6 Å². The molecule has 0 heterocycles. The van der Waals surface area contributed by atoms with E-state index in [1.54, 1.807) is 6.92 Å². The molecule has 0 aliphatic rings. The standard InChI is InChI=1S/C23H28Cl2FN3O4S/c1-4-12-27-23(31)20(5-2)28(14-16-6-9-18(26)10-7-16)22(30)15-29(34(3,32)33)21-11-8-17(24)13-19(21)25/h6-11,13,20H,4-5,12,14-15H2,1-3H3,(H,27,31)/t20-/m1/s1. The second-order valence-electron chi connectivity index (χ2n) is 7.73. The van der Waals surface area contributed by atoms with Crippen molar-refractivity contribution >= 4 is 50.7 Å². The fourth-order valence-corrected chi connectivity index (χ4v) is 4.77. The molecule has 0 saturated carbocycles. The molecule has 0 aromatic heterocycles. The first-order valence-electron chi connectivity index (χ1n) is 10.7. The molecule has 0 spiro atoms. The third-order valence-corrected chi connectivity index (χ3v) is 6.72. The number of halogens is 3. The zero-order valence-corrected chi connectivity index (χ0v) is 21.6. The van der Waals surface area contributed by atoms with Gasteiger partial charge in [-0.2, -0.15) is 0 Å². The topological polar surface area (TPSA) is 86.8 Å². The van der Waals surface area contributed by atoms with Crippen LogP contribution >= 0.6 is 23.2 Å². The van der Waals surface area contributed by atoms with Crippen molar-refractivity contribution in [3.8, 4) is 0 Å². The first-order valence-corrected chi connectivity index (χ1v) is 13.3. The summed E-state index contributed by atoms with van der Waals surface area (Å²) in [7, 11) is -3.92. The highest BCUT2D eigenvalue weighted by Crippen LogP contribution is 2.30. The molecule has 0 radical (unpaired) electrons. The van der Waals surface area contributed by atoms with Crippen molar-refractivity contribution in [2.45, 2.75) is 39.3 Å². The van der Waals surface area contributed by atoms with E-state index in [1.165, 1.54) is 47.4 Å². The largest absolute Gasteiger partial charge is 0.354 e. The maximum absolute atomic E-state index is 13.5. The average Bonchev–Trinajstić information content (AvgIpc) is 2.76. The third kappa shape index (κ3) is 7.58. The molecule has 1 atom stereocenters. The van der Waals surface area contributed by atoms with Crippen molar-refractivity contribution in [2.24, 2.45) is 0 Å². The smallest absolute Gasteiger partial charge is 0.244 e. The van der Waals surface area contributed by atoms with E-state index in [2.05, 4.69) is 5.32 Å². The molecule has 2 aromatic carbocycles. The van der Waals surface area contributed by atoms with Gasteiger partial charge in [0.1, 0.15) is 18.4 Å². The molecule has 0 aliphatic carbocycles. The van der Waals surface area contributed by atoms with Gasteiger partial charge in [0.2, 0.25) is 21.8 Å². The first-order chi connectivity index (χ1) is 16.0. The van der Waals surface area contributed by atoms with E-state index in [4.69, 9.17) is 23.2 Å². The number of hydrogen-bond acceptors (Lipinski definition) is 4. The summed E-state index contributed by atoms with van der Waals surface area (Å²) in [4.78, 5) is 27.6. The van der Waals surface area contributed by atoms with Gasteiger partial charge in [-0.1, -0.05) is 49.2 Å². The highest BCUT2D eigenvalue weighted by Gasteiger charge is 2.32. The minimum absolute atomic E-state index is 0.0108. The van der Waals surface area contributed by atoms with Crippen LogP contribution in [0.25, 0.3) is 0 Å². The maximum Gasteiger partial charge on any atom is 0.244 e. The Morgan fingerprint density at radius 1 is 1.09 bits per heavy atom. The lowest BCUT2D eigenvalue weighted by Gasteiger charge is -2.33. The quantitative estimate of drug-likeness (QED) is 0.469. The lowest BCUT2D eigenvalue weighted by molar-refractivity contribution is -0.140. The van der Waals surface area contributed by atoms with E-state index in [1.807, 2.05) is 6.92 Å². The Kier molecular flexibility index (Phi) is 10.1. The number of hydrogen-bond donors (Lipinski definition) is 1. The average molecular weight is 532 g/mol. The second-order valence-corrected chi connectivity index (χ2v) is 10.5. The minimum Gasteiger partial charge on any atom is -0.354 e. The van der Waals surface area contributed by atoms with Crippen LogP contribution in [0.3, 0.4) is 0 Å². The Balaban J connectivity index is 2.44. The van der Waals surface area contributed by atoms with Gasteiger partial charge in [0.15, 0.2) is 0 Å². The van der Waals surface area contributed by atoms with Crippen LogP contribution < -0.4 is 9.62 Å². The zero-order valence-electron chi connectivity index (χ0n) is 19.2. The number of carbonyl (C=O) groups is 2. The van der Waals surface area contributed by atoms with Crippen LogP contribution in [-0.2, 0) is 26.2 Å². The van der Waals surface area contributed by atoms with Crippen molar-refractivity contribution in [1.82, 2.24) is 10.2 Å². The summed E-state index contributed by atoms with van der Waals surface area (Å²) in [6, 6.07) is 8.94. The number of anilines is 1. The number of nitrogens with zero attached hydrogens (tertiary/aromatic N) is 2. The summed E-state index contributed by atoms with van der Waals surface area (Å²) in [6.45, 7) is 3.50. The molecule has 2 aromatic rings. The van der Waals surface area contributed by atoms with Crippen LogP contribution in [0.5, 0.6) is 0 Å². The molecular formula is C23H28Cl2FN3O4S. The molecule has 186 valence electrons. The minimum atomic E-state index is -3.92. The molecule has 0 aliphatic heterocycles. The van der Waals surface area contributed by atoms with Crippen molar-refractivity contribution in [2.75, 3.05) is 23.7 Å². The van der Waals surface area contributed by atoms with Crippen molar-refractivity contribution < 1.29 is 22.4 Å². The Morgan fingerprint density at radius 3 is 2.26 bits per heavy atom. The normalized spacial score (nSPS) is 12.2. The SMILES string of the molecule is CCCNC(=O)[C@@H](CC)N(Cc1ccc(F)cc1)C(=O)CN(c1ccc(Cl)cc1Cl)S(C)(=O)=O. The predicted octanol–water partition coefficient (Wildman–Crippen LogP) is 4.23. The number of nitrogens with one attached hydrogen (secondary N) is 1. The molecule has 11 heteroatoms. The monoisotopic (exact) mass is 531 g/mol. The van der Waals surface area contributed by atoms with Gasteiger partial charge >= 0.3 is 0 Å². The van der Waals surface area contributed by atoms with Crippen LogP contribution in [0.15, 0.2) is 42.5 Å². The Bertz CT molecular complexity index is 1110. The fourth-order valence-electron chi connectivity index (χ4n) is 3.35.